The minimum atomic E-state index is -0.356. The molecule has 0 N–H and O–H groups in total. The van der Waals surface area contributed by atoms with Crippen LogP contribution in [0.15, 0.2) is 24.3 Å². The van der Waals surface area contributed by atoms with E-state index in [1.807, 2.05) is 29.2 Å². The van der Waals surface area contributed by atoms with Gasteiger partial charge in [0.2, 0.25) is 5.91 Å². The summed E-state index contributed by atoms with van der Waals surface area (Å²) in [6.45, 7) is 4.30. The SMILES string of the molecule is CCOC(=O)CN1CCN(Cc2ccccc2Cl)CC1=O. The maximum Gasteiger partial charge on any atom is 0.325 e. The predicted molar refractivity (Wildman–Crippen MR) is 79.9 cm³/mol. The Kier molecular flexibility index (Phi) is 5.59. The molecule has 1 amide bonds. The zero-order valence-electron chi connectivity index (χ0n) is 12.0. The van der Waals surface area contributed by atoms with Gasteiger partial charge in [0.15, 0.2) is 0 Å². The maximum absolute atomic E-state index is 12.1. The molecule has 1 aliphatic rings. The van der Waals surface area contributed by atoms with Crippen molar-refractivity contribution in [3.63, 3.8) is 0 Å². The highest BCUT2D eigenvalue weighted by Crippen LogP contribution is 2.18. The molecular weight excluding hydrogens is 292 g/mol. The van der Waals surface area contributed by atoms with E-state index < -0.39 is 0 Å². The molecule has 1 aliphatic heterocycles. The molecule has 21 heavy (non-hydrogen) atoms. The normalized spacial score (nSPS) is 16.1. The summed E-state index contributed by atoms with van der Waals surface area (Å²) in [6.07, 6.45) is 0. The van der Waals surface area contributed by atoms with Crippen molar-refractivity contribution in [2.24, 2.45) is 0 Å². The van der Waals surface area contributed by atoms with E-state index in [9.17, 15) is 9.59 Å². The number of carbonyl (C=O) groups is 2. The summed E-state index contributed by atoms with van der Waals surface area (Å²) in [5.74, 6) is -0.410. The summed E-state index contributed by atoms with van der Waals surface area (Å²) >= 11 is 6.13. The van der Waals surface area contributed by atoms with Gasteiger partial charge in [-0.3, -0.25) is 14.5 Å². The van der Waals surface area contributed by atoms with Crippen molar-refractivity contribution < 1.29 is 14.3 Å². The van der Waals surface area contributed by atoms with E-state index >= 15 is 0 Å². The van der Waals surface area contributed by atoms with E-state index in [0.717, 1.165) is 12.1 Å². The Morgan fingerprint density at radius 2 is 2.10 bits per heavy atom. The van der Waals surface area contributed by atoms with Crippen molar-refractivity contribution in [2.75, 3.05) is 32.8 Å². The largest absolute Gasteiger partial charge is 0.465 e. The summed E-state index contributed by atoms with van der Waals surface area (Å²) < 4.78 is 4.87. The monoisotopic (exact) mass is 310 g/mol. The molecule has 0 saturated carbocycles. The van der Waals surface area contributed by atoms with Crippen LogP contribution in [0.25, 0.3) is 0 Å². The highest BCUT2D eigenvalue weighted by atomic mass is 35.5. The zero-order valence-corrected chi connectivity index (χ0v) is 12.8. The molecule has 5 nitrogen and oxygen atoms in total. The summed E-state index contributed by atoms with van der Waals surface area (Å²) in [4.78, 5) is 27.1. The van der Waals surface area contributed by atoms with Crippen LogP contribution in [0.5, 0.6) is 0 Å². The first-order valence-electron chi connectivity index (χ1n) is 6.99. The fourth-order valence-electron chi connectivity index (χ4n) is 2.29. The number of nitrogens with zero attached hydrogens (tertiary/aromatic N) is 2. The highest BCUT2D eigenvalue weighted by Gasteiger charge is 2.26. The number of esters is 1. The number of piperazine rings is 1. The van der Waals surface area contributed by atoms with Crippen LogP contribution >= 0.6 is 11.6 Å². The Hall–Kier alpha value is -1.59. The van der Waals surface area contributed by atoms with E-state index in [1.54, 1.807) is 11.8 Å². The van der Waals surface area contributed by atoms with Gasteiger partial charge in [0.05, 0.1) is 13.2 Å². The lowest BCUT2D eigenvalue weighted by atomic mass is 10.2. The molecule has 0 radical (unpaired) electrons. The van der Waals surface area contributed by atoms with Crippen LogP contribution in [0.4, 0.5) is 0 Å². The van der Waals surface area contributed by atoms with Crippen LogP contribution in [0, 0.1) is 0 Å². The van der Waals surface area contributed by atoms with Crippen LogP contribution in [0.2, 0.25) is 5.02 Å². The third-order valence-corrected chi connectivity index (χ3v) is 3.74. The number of benzene rings is 1. The lowest BCUT2D eigenvalue weighted by molar-refractivity contribution is -0.151. The second-order valence-corrected chi connectivity index (χ2v) is 5.33. The molecule has 1 saturated heterocycles. The van der Waals surface area contributed by atoms with Crippen LogP contribution < -0.4 is 0 Å². The van der Waals surface area contributed by atoms with E-state index in [-0.39, 0.29) is 18.4 Å². The molecule has 0 unspecified atom stereocenters. The molecule has 1 fully saturated rings. The first-order valence-corrected chi connectivity index (χ1v) is 7.37. The van der Waals surface area contributed by atoms with Crippen molar-refractivity contribution in [1.29, 1.82) is 0 Å². The molecule has 0 bridgehead atoms. The van der Waals surface area contributed by atoms with Gasteiger partial charge in [-0.15, -0.1) is 0 Å². The third kappa shape index (κ3) is 4.44. The van der Waals surface area contributed by atoms with Crippen LogP contribution in [-0.2, 0) is 20.9 Å². The van der Waals surface area contributed by atoms with Crippen LogP contribution in [0.1, 0.15) is 12.5 Å². The van der Waals surface area contributed by atoms with Gasteiger partial charge in [0, 0.05) is 24.7 Å². The van der Waals surface area contributed by atoms with E-state index in [4.69, 9.17) is 16.3 Å². The summed E-state index contributed by atoms with van der Waals surface area (Å²) in [5.41, 5.74) is 1.01. The molecule has 1 aromatic rings. The first-order chi connectivity index (χ1) is 10.1. The minimum Gasteiger partial charge on any atom is -0.465 e. The number of hydrogen-bond acceptors (Lipinski definition) is 4. The van der Waals surface area contributed by atoms with Gasteiger partial charge in [-0.2, -0.15) is 0 Å². The Labute approximate surface area is 129 Å². The Bertz CT molecular complexity index is 521. The molecule has 114 valence electrons. The lowest BCUT2D eigenvalue weighted by Crippen LogP contribution is -2.51. The number of hydrogen-bond donors (Lipinski definition) is 0. The van der Waals surface area contributed by atoms with Crippen molar-refractivity contribution in [3.05, 3.63) is 34.9 Å². The second-order valence-electron chi connectivity index (χ2n) is 4.92. The molecule has 1 aromatic carbocycles. The maximum atomic E-state index is 12.1. The second kappa shape index (κ2) is 7.43. The molecule has 0 aliphatic carbocycles. The molecule has 2 rings (SSSR count). The lowest BCUT2D eigenvalue weighted by Gasteiger charge is -2.33. The summed E-state index contributed by atoms with van der Waals surface area (Å²) in [6, 6.07) is 7.61. The van der Waals surface area contributed by atoms with Gasteiger partial charge < -0.3 is 9.64 Å². The molecule has 0 atom stereocenters. The number of carbonyl (C=O) groups excluding carboxylic acids is 2. The average molecular weight is 311 g/mol. The van der Waals surface area contributed by atoms with Crippen LogP contribution in [0.3, 0.4) is 0 Å². The topological polar surface area (TPSA) is 49.9 Å². The van der Waals surface area contributed by atoms with Gasteiger partial charge in [0.1, 0.15) is 6.54 Å². The highest BCUT2D eigenvalue weighted by molar-refractivity contribution is 6.31. The standard InChI is InChI=1S/C15H19ClN2O3/c1-2-21-15(20)11-18-8-7-17(10-14(18)19)9-12-5-3-4-6-13(12)16/h3-6H,2,7-11H2,1H3. The Morgan fingerprint density at radius 1 is 1.33 bits per heavy atom. The Morgan fingerprint density at radius 3 is 2.76 bits per heavy atom. The first kappa shape index (κ1) is 15.8. The predicted octanol–water partition coefficient (Wildman–Crippen LogP) is 1.55. The molecule has 0 aromatic heterocycles. The van der Waals surface area contributed by atoms with Gasteiger partial charge in [-0.05, 0) is 18.6 Å². The minimum absolute atomic E-state index is 0.0343. The Balaban J connectivity index is 1.87. The van der Waals surface area contributed by atoms with E-state index in [2.05, 4.69) is 0 Å². The molecule has 0 spiro atoms. The van der Waals surface area contributed by atoms with E-state index in [1.165, 1.54) is 0 Å². The van der Waals surface area contributed by atoms with Gasteiger partial charge in [-0.25, -0.2) is 0 Å². The fraction of sp³-hybridized carbons (Fsp3) is 0.467. The quantitative estimate of drug-likeness (QED) is 0.774. The van der Waals surface area contributed by atoms with Gasteiger partial charge in [0.25, 0.3) is 0 Å². The van der Waals surface area contributed by atoms with Gasteiger partial charge in [-0.1, -0.05) is 29.8 Å². The van der Waals surface area contributed by atoms with Crippen molar-refractivity contribution >= 4 is 23.5 Å². The van der Waals surface area contributed by atoms with Crippen molar-refractivity contribution in [3.8, 4) is 0 Å². The number of halogens is 1. The number of ether oxygens (including phenoxy) is 1. The van der Waals surface area contributed by atoms with E-state index in [0.29, 0.717) is 31.3 Å². The molecule has 6 heteroatoms. The zero-order chi connectivity index (χ0) is 15.2. The third-order valence-electron chi connectivity index (χ3n) is 3.37. The van der Waals surface area contributed by atoms with Crippen molar-refractivity contribution in [2.45, 2.75) is 13.5 Å². The fourth-order valence-corrected chi connectivity index (χ4v) is 2.48. The summed E-state index contributed by atoms with van der Waals surface area (Å²) in [5, 5.41) is 0.707. The molecule has 1 heterocycles. The molecular formula is C15H19ClN2O3. The smallest absolute Gasteiger partial charge is 0.325 e. The number of rotatable bonds is 5. The van der Waals surface area contributed by atoms with Crippen LogP contribution in [-0.4, -0.2) is 54.5 Å². The number of amides is 1. The summed E-state index contributed by atoms with van der Waals surface area (Å²) in [7, 11) is 0. The average Bonchev–Trinajstić information content (AvgIpc) is 2.45. The van der Waals surface area contributed by atoms with Gasteiger partial charge >= 0.3 is 5.97 Å². The van der Waals surface area contributed by atoms with Crippen molar-refractivity contribution in [1.82, 2.24) is 9.80 Å².